The molecule has 1 atom stereocenters. The van der Waals surface area contributed by atoms with Crippen LogP contribution in [0.4, 0.5) is 11.4 Å². The standard InChI is InChI=1S/C19H25N3O5/c1-12-7-9-21(10-8-12)16-6-3-14(11-17(16)22(25)26)19(24)27-13(2)18(23)20-15-4-5-15/h3,6,11-13,15H,4-5,7-10H2,1-2H3,(H,20,23). The summed E-state index contributed by atoms with van der Waals surface area (Å²) in [4.78, 5) is 37.3. The van der Waals surface area contributed by atoms with E-state index < -0.39 is 17.0 Å². The van der Waals surface area contributed by atoms with Crippen LogP contribution in [0.1, 0.15) is 49.9 Å². The van der Waals surface area contributed by atoms with Crippen molar-refractivity contribution in [2.24, 2.45) is 5.92 Å². The normalized spacial score (nSPS) is 18.7. The number of nitrogens with one attached hydrogen (secondary N) is 1. The molecule has 0 spiro atoms. The molecular weight excluding hydrogens is 350 g/mol. The number of piperidine rings is 1. The molecule has 1 N–H and O–H groups in total. The van der Waals surface area contributed by atoms with Gasteiger partial charge in [-0.25, -0.2) is 4.79 Å². The Morgan fingerprint density at radius 2 is 1.93 bits per heavy atom. The maximum atomic E-state index is 12.3. The number of nitro groups is 1. The van der Waals surface area contributed by atoms with Gasteiger partial charge in [0, 0.05) is 25.2 Å². The number of amides is 1. The molecule has 8 nitrogen and oxygen atoms in total. The summed E-state index contributed by atoms with van der Waals surface area (Å²) in [7, 11) is 0. The van der Waals surface area contributed by atoms with E-state index in [1.807, 2.05) is 4.90 Å². The largest absolute Gasteiger partial charge is 0.449 e. The number of nitrogens with zero attached hydrogens (tertiary/aromatic N) is 2. The lowest BCUT2D eigenvalue weighted by Crippen LogP contribution is -2.37. The lowest BCUT2D eigenvalue weighted by Gasteiger charge is -2.31. The number of esters is 1. The van der Waals surface area contributed by atoms with Crippen LogP contribution in [0.5, 0.6) is 0 Å². The number of nitro benzene ring substituents is 1. The van der Waals surface area contributed by atoms with Gasteiger partial charge in [0.1, 0.15) is 5.69 Å². The monoisotopic (exact) mass is 375 g/mol. The smallest absolute Gasteiger partial charge is 0.339 e. The molecule has 1 unspecified atom stereocenters. The van der Waals surface area contributed by atoms with Crippen LogP contribution in [0, 0.1) is 16.0 Å². The van der Waals surface area contributed by atoms with Crippen molar-refractivity contribution in [2.75, 3.05) is 18.0 Å². The van der Waals surface area contributed by atoms with Crippen molar-refractivity contribution in [3.8, 4) is 0 Å². The molecule has 1 aliphatic heterocycles. The quantitative estimate of drug-likeness (QED) is 0.466. The molecule has 2 fully saturated rings. The Hall–Kier alpha value is -2.64. The summed E-state index contributed by atoms with van der Waals surface area (Å²) >= 11 is 0. The topological polar surface area (TPSA) is 102 Å². The summed E-state index contributed by atoms with van der Waals surface area (Å²) in [6, 6.07) is 4.53. The van der Waals surface area contributed by atoms with Crippen molar-refractivity contribution in [3.63, 3.8) is 0 Å². The number of anilines is 1. The number of carbonyl (C=O) groups excluding carboxylic acids is 2. The molecule has 146 valence electrons. The summed E-state index contributed by atoms with van der Waals surface area (Å²) in [5, 5.41) is 14.3. The summed E-state index contributed by atoms with van der Waals surface area (Å²) in [5.41, 5.74) is 0.471. The van der Waals surface area contributed by atoms with Crippen LogP contribution in [-0.2, 0) is 9.53 Å². The fourth-order valence-corrected chi connectivity index (χ4v) is 3.14. The van der Waals surface area contributed by atoms with Crippen molar-refractivity contribution >= 4 is 23.3 Å². The number of ether oxygens (including phenoxy) is 1. The SMILES string of the molecule is CC1CCN(c2ccc(C(=O)OC(C)C(=O)NC3CC3)cc2[N+](=O)[O-])CC1. The van der Waals surface area contributed by atoms with Gasteiger partial charge in [-0.1, -0.05) is 6.92 Å². The number of hydrogen-bond donors (Lipinski definition) is 1. The van der Waals surface area contributed by atoms with Crippen molar-refractivity contribution < 1.29 is 19.2 Å². The van der Waals surface area contributed by atoms with Gasteiger partial charge in [-0.05, 0) is 50.7 Å². The third-order valence-electron chi connectivity index (χ3n) is 5.11. The average molecular weight is 375 g/mol. The fourth-order valence-electron chi connectivity index (χ4n) is 3.14. The second kappa shape index (κ2) is 7.94. The Labute approximate surface area is 158 Å². The molecule has 1 amide bonds. The molecule has 1 saturated heterocycles. The molecule has 1 heterocycles. The minimum absolute atomic E-state index is 0.0712. The van der Waals surface area contributed by atoms with Crippen LogP contribution in [0.25, 0.3) is 0 Å². The third-order valence-corrected chi connectivity index (χ3v) is 5.11. The second-order valence-electron chi connectivity index (χ2n) is 7.46. The van der Waals surface area contributed by atoms with Crippen molar-refractivity contribution in [3.05, 3.63) is 33.9 Å². The second-order valence-corrected chi connectivity index (χ2v) is 7.46. The molecule has 2 aliphatic rings. The molecule has 1 aromatic rings. The average Bonchev–Trinajstić information content (AvgIpc) is 3.45. The maximum absolute atomic E-state index is 12.3. The van der Waals surface area contributed by atoms with Gasteiger partial charge < -0.3 is 15.0 Å². The molecule has 0 aromatic heterocycles. The number of benzene rings is 1. The number of carbonyl (C=O) groups is 2. The van der Waals surface area contributed by atoms with E-state index in [2.05, 4.69) is 12.2 Å². The van der Waals surface area contributed by atoms with E-state index >= 15 is 0 Å². The minimum Gasteiger partial charge on any atom is -0.449 e. The first-order chi connectivity index (χ1) is 12.8. The summed E-state index contributed by atoms with van der Waals surface area (Å²) in [6.45, 7) is 5.17. The highest BCUT2D eigenvalue weighted by Crippen LogP contribution is 2.32. The lowest BCUT2D eigenvalue weighted by molar-refractivity contribution is -0.384. The van der Waals surface area contributed by atoms with E-state index in [1.54, 1.807) is 6.07 Å². The number of hydrogen-bond acceptors (Lipinski definition) is 6. The van der Waals surface area contributed by atoms with Crippen molar-refractivity contribution in [1.29, 1.82) is 0 Å². The Morgan fingerprint density at radius 3 is 2.52 bits per heavy atom. The molecule has 3 rings (SSSR count). The lowest BCUT2D eigenvalue weighted by atomic mass is 9.98. The van der Waals surface area contributed by atoms with E-state index in [4.69, 9.17) is 4.74 Å². The zero-order chi connectivity index (χ0) is 19.6. The highest BCUT2D eigenvalue weighted by Gasteiger charge is 2.29. The fraction of sp³-hybridized carbons (Fsp3) is 0.579. The summed E-state index contributed by atoms with van der Waals surface area (Å²) in [5.74, 6) is -0.479. The van der Waals surface area contributed by atoms with Gasteiger partial charge in [-0.3, -0.25) is 14.9 Å². The number of rotatable bonds is 6. The van der Waals surface area contributed by atoms with Crippen LogP contribution in [0.3, 0.4) is 0 Å². The van der Waals surface area contributed by atoms with Crippen molar-refractivity contribution in [1.82, 2.24) is 5.32 Å². The van der Waals surface area contributed by atoms with Crippen LogP contribution >= 0.6 is 0 Å². The zero-order valence-electron chi connectivity index (χ0n) is 15.6. The first-order valence-corrected chi connectivity index (χ1v) is 9.40. The van der Waals surface area contributed by atoms with E-state index in [1.165, 1.54) is 19.1 Å². The van der Waals surface area contributed by atoms with Gasteiger partial charge in [0.15, 0.2) is 6.10 Å². The molecule has 27 heavy (non-hydrogen) atoms. The van der Waals surface area contributed by atoms with Crippen LogP contribution < -0.4 is 10.2 Å². The van der Waals surface area contributed by atoms with Gasteiger partial charge in [-0.2, -0.15) is 0 Å². The van der Waals surface area contributed by atoms with Gasteiger partial charge in [0.25, 0.3) is 11.6 Å². The van der Waals surface area contributed by atoms with Crippen molar-refractivity contribution in [2.45, 2.75) is 51.7 Å². The van der Waals surface area contributed by atoms with Crippen LogP contribution in [-0.4, -0.2) is 42.0 Å². The Morgan fingerprint density at radius 1 is 1.26 bits per heavy atom. The molecule has 0 bridgehead atoms. The highest BCUT2D eigenvalue weighted by atomic mass is 16.6. The molecule has 1 aliphatic carbocycles. The minimum atomic E-state index is -0.944. The summed E-state index contributed by atoms with van der Waals surface area (Å²) < 4.78 is 5.17. The van der Waals surface area contributed by atoms with E-state index in [9.17, 15) is 19.7 Å². The maximum Gasteiger partial charge on any atom is 0.339 e. The Kier molecular flexibility index (Phi) is 5.62. The molecular formula is C19H25N3O5. The van der Waals surface area contributed by atoms with Gasteiger partial charge in [-0.15, -0.1) is 0 Å². The van der Waals surface area contributed by atoms with E-state index in [0.29, 0.717) is 11.6 Å². The Balaban J connectivity index is 1.71. The third kappa shape index (κ3) is 4.75. The predicted molar refractivity (Wildman–Crippen MR) is 99.7 cm³/mol. The summed E-state index contributed by atoms with van der Waals surface area (Å²) in [6.07, 6.45) is 2.90. The first kappa shape index (κ1) is 19.1. The molecule has 1 saturated carbocycles. The van der Waals surface area contributed by atoms with Crippen LogP contribution in [0.15, 0.2) is 18.2 Å². The predicted octanol–water partition coefficient (Wildman–Crippen LogP) is 2.66. The molecule has 0 radical (unpaired) electrons. The van der Waals surface area contributed by atoms with E-state index in [-0.39, 0.29) is 23.2 Å². The molecule has 8 heteroatoms. The van der Waals surface area contributed by atoms with Gasteiger partial charge >= 0.3 is 5.97 Å². The highest BCUT2D eigenvalue weighted by molar-refractivity contribution is 5.93. The molecule has 1 aromatic carbocycles. The van der Waals surface area contributed by atoms with E-state index in [0.717, 1.165) is 38.8 Å². The Bertz CT molecular complexity index is 739. The van der Waals surface area contributed by atoms with Crippen LogP contribution in [0.2, 0.25) is 0 Å². The first-order valence-electron chi connectivity index (χ1n) is 9.40. The van der Waals surface area contributed by atoms with Gasteiger partial charge in [0.2, 0.25) is 0 Å². The van der Waals surface area contributed by atoms with Gasteiger partial charge in [0.05, 0.1) is 10.5 Å². The zero-order valence-corrected chi connectivity index (χ0v) is 15.6.